The van der Waals surface area contributed by atoms with Gasteiger partial charge in [-0.2, -0.15) is 0 Å². The van der Waals surface area contributed by atoms with E-state index in [2.05, 4.69) is 5.16 Å². The van der Waals surface area contributed by atoms with Gasteiger partial charge in [0.25, 0.3) is 0 Å². The molecule has 0 aliphatic heterocycles. The summed E-state index contributed by atoms with van der Waals surface area (Å²) in [5.74, 6) is 0.773. The van der Waals surface area contributed by atoms with E-state index in [0.29, 0.717) is 17.0 Å². The maximum atomic E-state index is 9.62. The zero-order chi connectivity index (χ0) is 14.8. The van der Waals surface area contributed by atoms with Gasteiger partial charge in [0, 0.05) is 11.1 Å². The van der Waals surface area contributed by atoms with E-state index >= 15 is 0 Å². The van der Waals surface area contributed by atoms with Crippen molar-refractivity contribution in [1.82, 2.24) is 5.16 Å². The molecule has 0 saturated carbocycles. The lowest BCUT2D eigenvalue weighted by atomic mass is 10.0. The van der Waals surface area contributed by atoms with Gasteiger partial charge in [0.1, 0.15) is 17.2 Å². The third-order valence-electron chi connectivity index (χ3n) is 3.22. The van der Waals surface area contributed by atoms with Gasteiger partial charge in [-0.1, -0.05) is 5.16 Å². The number of hydrogen-bond donors (Lipinski definition) is 3. The maximum absolute atomic E-state index is 9.62. The minimum atomic E-state index is -0.226. The zero-order valence-electron chi connectivity index (χ0n) is 11.0. The van der Waals surface area contributed by atoms with Crippen molar-refractivity contribution in [3.63, 3.8) is 0 Å². The molecule has 3 rings (SSSR count). The second-order valence-corrected chi connectivity index (χ2v) is 4.59. The van der Waals surface area contributed by atoms with Crippen LogP contribution in [0.25, 0.3) is 22.6 Å². The van der Waals surface area contributed by atoms with Crippen LogP contribution < -0.4 is 0 Å². The first-order valence-corrected chi connectivity index (χ1v) is 6.37. The monoisotopic (exact) mass is 283 g/mol. The van der Waals surface area contributed by atoms with Crippen molar-refractivity contribution < 1.29 is 19.8 Å². The molecule has 0 aliphatic rings. The number of aliphatic hydroxyl groups is 1. The molecule has 21 heavy (non-hydrogen) atoms. The standard InChI is InChI=1S/C16H13NO4/c18-9-14-15(10-1-5-12(19)6-2-10)17-21-16(14)11-3-7-13(20)8-4-11/h1-8,18-20H,9H2. The van der Waals surface area contributed by atoms with Crippen LogP contribution in [0.4, 0.5) is 0 Å². The van der Waals surface area contributed by atoms with E-state index in [1.807, 2.05) is 0 Å². The number of benzene rings is 2. The summed E-state index contributed by atoms with van der Waals surface area (Å²) in [5, 5.41) is 32.3. The van der Waals surface area contributed by atoms with Crippen LogP contribution in [0.1, 0.15) is 5.56 Å². The largest absolute Gasteiger partial charge is 0.508 e. The van der Waals surface area contributed by atoms with E-state index in [0.717, 1.165) is 11.1 Å². The molecule has 0 radical (unpaired) electrons. The fourth-order valence-electron chi connectivity index (χ4n) is 2.14. The predicted molar refractivity (Wildman–Crippen MR) is 76.6 cm³/mol. The molecule has 3 N–H and O–H groups in total. The van der Waals surface area contributed by atoms with Crippen LogP contribution in [-0.4, -0.2) is 20.5 Å². The minimum Gasteiger partial charge on any atom is -0.508 e. The number of phenolic OH excluding ortho intramolecular Hbond substituents is 2. The summed E-state index contributed by atoms with van der Waals surface area (Å²) in [4.78, 5) is 0. The number of rotatable bonds is 3. The fraction of sp³-hybridized carbons (Fsp3) is 0.0625. The molecule has 0 bridgehead atoms. The molecule has 0 fully saturated rings. The summed E-state index contributed by atoms with van der Waals surface area (Å²) < 4.78 is 5.34. The average molecular weight is 283 g/mol. The average Bonchev–Trinajstić information content (AvgIpc) is 2.92. The first-order valence-electron chi connectivity index (χ1n) is 6.37. The predicted octanol–water partition coefficient (Wildman–Crippen LogP) is 2.91. The van der Waals surface area contributed by atoms with E-state index < -0.39 is 0 Å². The Morgan fingerprint density at radius 1 is 0.810 bits per heavy atom. The van der Waals surface area contributed by atoms with Gasteiger partial charge in [0.05, 0.1) is 12.2 Å². The molecule has 0 saturated heterocycles. The van der Waals surface area contributed by atoms with Gasteiger partial charge < -0.3 is 19.8 Å². The Balaban J connectivity index is 2.08. The summed E-state index contributed by atoms with van der Waals surface area (Å²) in [6.07, 6.45) is 0. The maximum Gasteiger partial charge on any atom is 0.173 e. The number of hydrogen-bond acceptors (Lipinski definition) is 5. The number of aromatic nitrogens is 1. The van der Waals surface area contributed by atoms with Crippen molar-refractivity contribution in [2.24, 2.45) is 0 Å². The molecular formula is C16H13NO4. The molecular weight excluding hydrogens is 270 g/mol. The van der Waals surface area contributed by atoms with Crippen LogP contribution >= 0.6 is 0 Å². The Hall–Kier alpha value is -2.79. The summed E-state index contributed by atoms with van der Waals surface area (Å²) in [7, 11) is 0. The van der Waals surface area contributed by atoms with Gasteiger partial charge in [-0.25, -0.2) is 0 Å². The summed E-state index contributed by atoms with van der Waals surface area (Å²) in [5.41, 5.74) is 2.55. The SMILES string of the molecule is OCc1c(-c2ccc(O)cc2)noc1-c1ccc(O)cc1. The van der Waals surface area contributed by atoms with Crippen LogP contribution in [0.15, 0.2) is 53.1 Å². The minimum absolute atomic E-state index is 0.155. The Morgan fingerprint density at radius 2 is 1.33 bits per heavy atom. The summed E-state index contributed by atoms with van der Waals surface area (Å²) in [6, 6.07) is 13.0. The Morgan fingerprint density at radius 3 is 1.86 bits per heavy atom. The molecule has 0 amide bonds. The van der Waals surface area contributed by atoms with Crippen molar-refractivity contribution in [2.75, 3.05) is 0 Å². The molecule has 0 atom stereocenters. The number of phenols is 2. The molecule has 106 valence electrons. The van der Waals surface area contributed by atoms with Gasteiger partial charge in [0.15, 0.2) is 5.76 Å². The van der Waals surface area contributed by atoms with Crippen molar-refractivity contribution in [1.29, 1.82) is 0 Å². The highest BCUT2D eigenvalue weighted by atomic mass is 16.5. The van der Waals surface area contributed by atoms with Gasteiger partial charge in [-0.3, -0.25) is 0 Å². The molecule has 0 unspecified atom stereocenters. The Kier molecular flexibility index (Phi) is 3.33. The molecule has 2 aromatic carbocycles. The zero-order valence-corrected chi connectivity index (χ0v) is 11.0. The highest BCUT2D eigenvalue weighted by molar-refractivity contribution is 5.72. The molecule has 3 aromatic rings. The van der Waals surface area contributed by atoms with Crippen molar-refractivity contribution >= 4 is 0 Å². The quantitative estimate of drug-likeness (QED) is 0.688. The number of aliphatic hydroxyl groups excluding tert-OH is 1. The molecule has 1 aromatic heterocycles. The van der Waals surface area contributed by atoms with Crippen LogP contribution in [0, 0.1) is 0 Å². The first kappa shape index (κ1) is 13.2. The van der Waals surface area contributed by atoms with Crippen molar-refractivity contribution in [3.8, 4) is 34.1 Å². The summed E-state index contributed by atoms with van der Waals surface area (Å²) in [6.45, 7) is -0.226. The molecule has 0 aliphatic carbocycles. The number of nitrogens with zero attached hydrogens (tertiary/aromatic N) is 1. The molecule has 0 spiro atoms. The topological polar surface area (TPSA) is 86.7 Å². The highest BCUT2D eigenvalue weighted by Gasteiger charge is 2.18. The van der Waals surface area contributed by atoms with E-state index in [9.17, 15) is 15.3 Å². The van der Waals surface area contributed by atoms with E-state index in [1.165, 1.54) is 0 Å². The summed E-state index contributed by atoms with van der Waals surface area (Å²) >= 11 is 0. The normalized spacial score (nSPS) is 10.7. The second kappa shape index (κ2) is 5.30. The van der Waals surface area contributed by atoms with Crippen LogP contribution in [0.2, 0.25) is 0 Å². The lowest BCUT2D eigenvalue weighted by Gasteiger charge is -2.02. The van der Waals surface area contributed by atoms with Crippen LogP contribution in [-0.2, 0) is 6.61 Å². The first-order chi connectivity index (χ1) is 10.2. The third-order valence-corrected chi connectivity index (χ3v) is 3.22. The fourth-order valence-corrected chi connectivity index (χ4v) is 2.14. The van der Waals surface area contributed by atoms with Crippen LogP contribution in [0.3, 0.4) is 0 Å². The third kappa shape index (κ3) is 2.46. The molecule has 5 nitrogen and oxygen atoms in total. The highest BCUT2D eigenvalue weighted by Crippen LogP contribution is 2.33. The lowest BCUT2D eigenvalue weighted by Crippen LogP contribution is -1.89. The van der Waals surface area contributed by atoms with Crippen molar-refractivity contribution in [3.05, 3.63) is 54.1 Å². The van der Waals surface area contributed by atoms with Gasteiger partial charge in [0.2, 0.25) is 0 Å². The molecule has 1 heterocycles. The number of aromatic hydroxyl groups is 2. The van der Waals surface area contributed by atoms with Crippen molar-refractivity contribution in [2.45, 2.75) is 6.61 Å². The molecule has 5 heteroatoms. The van der Waals surface area contributed by atoms with Crippen LogP contribution in [0.5, 0.6) is 11.5 Å². The van der Waals surface area contributed by atoms with E-state index in [1.54, 1.807) is 48.5 Å². The van der Waals surface area contributed by atoms with Gasteiger partial charge >= 0.3 is 0 Å². The second-order valence-electron chi connectivity index (χ2n) is 4.59. The Labute approximate surface area is 120 Å². The van der Waals surface area contributed by atoms with Gasteiger partial charge in [-0.05, 0) is 48.5 Å². The lowest BCUT2D eigenvalue weighted by molar-refractivity contribution is 0.281. The van der Waals surface area contributed by atoms with E-state index in [-0.39, 0.29) is 18.1 Å². The van der Waals surface area contributed by atoms with E-state index in [4.69, 9.17) is 4.52 Å². The Bertz CT molecular complexity index is 682. The smallest absolute Gasteiger partial charge is 0.173 e. The van der Waals surface area contributed by atoms with Gasteiger partial charge in [-0.15, -0.1) is 0 Å².